The molecule has 0 aliphatic rings. The maximum absolute atomic E-state index is 9.94. The van der Waals surface area contributed by atoms with E-state index in [1.807, 2.05) is 0 Å². The summed E-state index contributed by atoms with van der Waals surface area (Å²) in [7, 11) is 0. The molecule has 0 bridgehead atoms. The van der Waals surface area contributed by atoms with Crippen molar-refractivity contribution in [2.45, 2.75) is 0 Å². The third kappa shape index (κ3) is 4.44. The van der Waals surface area contributed by atoms with Crippen molar-refractivity contribution in [3.8, 4) is 16.8 Å². The van der Waals surface area contributed by atoms with Gasteiger partial charge in [-0.15, -0.1) is 0 Å². The maximum atomic E-state index is 9.94. The summed E-state index contributed by atoms with van der Waals surface area (Å²) in [6.07, 6.45) is 0. The molecule has 3 nitrogen and oxygen atoms in total. The van der Waals surface area contributed by atoms with Crippen molar-refractivity contribution in [3.63, 3.8) is 0 Å². The third-order valence-electron chi connectivity index (χ3n) is 7.90. The molecule has 0 aliphatic heterocycles. The fraction of sp³-hybridized carbons (Fsp3) is 0. The fourth-order valence-corrected chi connectivity index (χ4v) is 5.79. The number of nitrogens with zero attached hydrogens (tertiary/aromatic N) is 2. The minimum absolute atomic E-state index is 0.0204. The molecule has 0 atom stereocenters. The van der Waals surface area contributed by atoms with Crippen LogP contribution in [0.1, 0.15) is 35.6 Å². The Labute approximate surface area is 320 Å². The molecule has 0 unspecified atom stereocenters. The van der Waals surface area contributed by atoms with Crippen molar-refractivity contribution in [2.75, 3.05) is 4.90 Å². The van der Waals surface area contributed by atoms with Crippen molar-refractivity contribution < 1.29 is 40.1 Å². The lowest BCUT2D eigenvalue weighted by Crippen LogP contribution is -2.10. The summed E-state index contributed by atoms with van der Waals surface area (Å²) in [4.78, 5) is 0.848. The van der Waals surface area contributed by atoms with E-state index < -0.39 is 196 Å². The van der Waals surface area contributed by atoms with E-state index in [9.17, 15) is 5.48 Å². The summed E-state index contributed by atoms with van der Waals surface area (Å²) in [6, 6.07) is -15.5. The first kappa shape index (κ1) is 12.1. The average Bonchev–Trinajstić information content (AvgIpc) is 4.07. The number of hydrogen-bond acceptors (Lipinski definition) is 2. The van der Waals surface area contributed by atoms with E-state index in [-0.39, 0.29) is 49.5 Å². The standard InChI is InChI=1S/C46H30N2O/c1-3-11-34(12-4-1)47(37-26-27-39-38-15-7-9-17-42(38)48(43(39)30-37)35-13-5-2-6-14-35)36-24-21-31(22-25-36)33-20-19-32-23-28-45-46(41(32)29-33)40-16-8-10-18-44(40)49-45/h1-30H/i1D,2D,3D,4D,5D,6D,7D,8D,9D,10D,11D,12D,13D,14D,15D,16D,17D,18D,19D,20D,23D,26D,27D,28D,29D,30D. The van der Waals surface area contributed by atoms with Gasteiger partial charge in [-0.3, -0.25) is 0 Å². The van der Waals surface area contributed by atoms with Gasteiger partial charge in [-0.25, -0.2) is 0 Å². The van der Waals surface area contributed by atoms with Crippen molar-refractivity contribution in [2.24, 2.45) is 0 Å². The van der Waals surface area contributed by atoms with E-state index >= 15 is 0 Å². The smallest absolute Gasteiger partial charge is 0.136 e. The highest BCUT2D eigenvalue weighted by Crippen LogP contribution is 2.41. The summed E-state index contributed by atoms with van der Waals surface area (Å²) >= 11 is 0. The minimum Gasteiger partial charge on any atom is -0.456 e. The molecule has 0 aliphatic carbocycles. The molecule has 0 N–H and O–H groups in total. The third-order valence-corrected chi connectivity index (χ3v) is 7.90. The molecule has 230 valence electrons. The van der Waals surface area contributed by atoms with Gasteiger partial charge in [0.15, 0.2) is 0 Å². The van der Waals surface area contributed by atoms with Gasteiger partial charge in [0.05, 0.1) is 46.7 Å². The van der Waals surface area contributed by atoms with Crippen LogP contribution in [0.25, 0.3) is 71.3 Å². The summed E-state index contributed by atoms with van der Waals surface area (Å²) < 4.78 is 237. The molecule has 0 fully saturated rings. The zero-order valence-corrected chi connectivity index (χ0v) is 24.6. The minimum atomic E-state index is -0.916. The van der Waals surface area contributed by atoms with E-state index in [1.165, 1.54) is 24.3 Å². The predicted molar refractivity (Wildman–Crippen MR) is 206 cm³/mol. The average molecular weight is 653 g/mol. The van der Waals surface area contributed by atoms with E-state index in [0.29, 0.717) is 0 Å². The lowest BCUT2D eigenvalue weighted by molar-refractivity contribution is 0.669. The maximum Gasteiger partial charge on any atom is 0.136 e. The SMILES string of the molecule is [2H]c1c([2H])c([2H])c(N(c2ccc(-c3c([2H])c([2H])c4c([2H])c([2H])c5oc6c([2H])c([2H])c([2H])c([2H])c6c5c4c3[2H])cc2)c2c([2H])c([2H])c3c4c([2H])c([2H])c([2H])c([2H])c4n(-c4c([2H])c([2H])c([2H])c([2H])c4[2H])c3c2[2H])c([2H])c1[2H]. The Bertz CT molecular complexity index is 4260. The topological polar surface area (TPSA) is 21.3 Å². The highest BCUT2D eigenvalue weighted by molar-refractivity contribution is 6.19. The predicted octanol–water partition coefficient (Wildman–Crippen LogP) is 13.0. The van der Waals surface area contributed by atoms with E-state index in [0.717, 1.165) is 9.47 Å². The van der Waals surface area contributed by atoms with Crippen LogP contribution in [0.2, 0.25) is 0 Å². The molecule has 10 rings (SSSR count). The molecule has 3 heteroatoms. The van der Waals surface area contributed by atoms with Gasteiger partial charge in [0, 0.05) is 44.3 Å². The molecular weight excluding hydrogens is 597 g/mol. The Morgan fingerprint density at radius 3 is 1.98 bits per heavy atom. The van der Waals surface area contributed by atoms with E-state index in [1.54, 1.807) is 0 Å². The first-order chi connectivity index (χ1) is 35.1. The molecule has 0 saturated carbocycles. The second kappa shape index (κ2) is 11.0. The van der Waals surface area contributed by atoms with Crippen LogP contribution in [0.5, 0.6) is 0 Å². The molecule has 0 amide bonds. The molecule has 10 aromatic rings. The number of fused-ring (bicyclic) bond motifs is 8. The van der Waals surface area contributed by atoms with Crippen LogP contribution >= 0.6 is 0 Å². The Hall–Kier alpha value is -6.58. The first-order valence-corrected chi connectivity index (χ1v) is 14.6. The largest absolute Gasteiger partial charge is 0.456 e. The normalized spacial score (nSPS) is 19.1. The van der Waals surface area contributed by atoms with Gasteiger partial charge >= 0.3 is 0 Å². The molecule has 0 radical (unpaired) electrons. The molecular formula is C46H30N2O. The quantitative estimate of drug-likeness (QED) is 0.184. The van der Waals surface area contributed by atoms with Crippen LogP contribution in [0.3, 0.4) is 0 Å². The molecule has 2 heterocycles. The van der Waals surface area contributed by atoms with Gasteiger partial charge in [0.2, 0.25) is 0 Å². The number of rotatable bonds is 5. The van der Waals surface area contributed by atoms with Crippen molar-refractivity contribution in [1.82, 2.24) is 4.57 Å². The van der Waals surface area contributed by atoms with Crippen LogP contribution in [-0.4, -0.2) is 4.57 Å². The number of para-hydroxylation sites is 4. The van der Waals surface area contributed by atoms with Crippen LogP contribution < -0.4 is 4.90 Å². The molecule has 0 spiro atoms. The highest BCUT2D eigenvalue weighted by Gasteiger charge is 2.18. The van der Waals surface area contributed by atoms with Crippen molar-refractivity contribution >= 4 is 71.6 Å². The van der Waals surface area contributed by atoms with Gasteiger partial charge in [-0.05, 0) is 94.5 Å². The molecule has 49 heavy (non-hydrogen) atoms. The Morgan fingerprint density at radius 2 is 1.14 bits per heavy atom. The van der Waals surface area contributed by atoms with Crippen molar-refractivity contribution in [1.29, 1.82) is 0 Å². The number of anilines is 3. The Kier molecular flexibility index (Phi) is 2.73. The summed E-state index contributed by atoms with van der Waals surface area (Å²) in [6.45, 7) is 0. The molecule has 8 aromatic carbocycles. The van der Waals surface area contributed by atoms with Crippen LogP contribution in [0.4, 0.5) is 17.1 Å². The zero-order valence-electron chi connectivity index (χ0n) is 50.6. The molecule has 0 saturated heterocycles. The summed E-state index contributed by atoms with van der Waals surface area (Å²) in [5, 5.41) is -2.05. The summed E-state index contributed by atoms with van der Waals surface area (Å²) in [5.74, 6) is 0. The van der Waals surface area contributed by atoms with Crippen LogP contribution in [0, 0.1) is 0 Å². The fourth-order valence-electron chi connectivity index (χ4n) is 5.79. The van der Waals surface area contributed by atoms with Crippen LogP contribution in [0.15, 0.2) is 186 Å². The lowest BCUT2D eigenvalue weighted by Gasteiger charge is -2.26. The zero-order chi connectivity index (χ0) is 54.9. The Balaban J connectivity index is 1.32. The van der Waals surface area contributed by atoms with E-state index in [2.05, 4.69) is 0 Å². The monoisotopic (exact) mass is 652 g/mol. The van der Waals surface area contributed by atoms with Gasteiger partial charge < -0.3 is 13.9 Å². The lowest BCUT2D eigenvalue weighted by atomic mass is 9.98. The van der Waals surface area contributed by atoms with Gasteiger partial charge in [-0.2, -0.15) is 0 Å². The summed E-state index contributed by atoms with van der Waals surface area (Å²) in [5.41, 5.74) is -4.64. The van der Waals surface area contributed by atoms with Crippen molar-refractivity contribution in [3.05, 3.63) is 181 Å². The van der Waals surface area contributed by atoms with E-state index in [4.69, 9.17) is 34.6 Å². The van der Waals surface area contributed by atoms with Gasteiger partial charge in [0.25, 0.3) is 0 Å². The second-order valence-corrected chi connectivity index (χ2v) is 10.6. The van der Waals surface area contributed by atoms with Gasteiger partial charge in [0.1, 0.15) is 11.2 Å². The first-order valence-electron chi connectivity index (χ1n) is 27.6. The second-order valence-electron chi connectivity index (χ2n) is 10.6. The molecule has 2 aromatic heterocycles. The number of furan rings is 1. The number of aromatic nitrogens is 1. The highest BCUT2D eigenvalue weighted by atomic mass is 16.3. The number of hydrogen-bond donors (Lipinski definition) is 0. The number of benzene rings is 8. The Morgan fingerprint density at radius 1 is 0.449 bits per heavy atom. The van der Waals surface area contributed by atoms with Crippen LogP contribution in [-0.2, 0) is 0 Å². The van der Waals surface area contributed by atoms with Gasteiger partial charge in [-0.1, -0.05) is 109 Å².